The number of aromatic nitrogens is 1. The van der Waals surface area contributed by atoms with E-state index in [0.29, 0.717) is 23.7 Å². The molecule has 2 N–H and O–H groups in total. The highest BCUT2D eigenvalue weighted by Gasteiger charge is 2.15. The van der Waals surface area contributed by atoms with Crippen molar-refractivity contribution in [1.29, 1.82) is 0 Å². The van der Waals surface area contributed by atoms with Gasteiger partial charge in [-0.25, -0.2) is 10.0 Å². The average molecular weight is 619 g/mol. The number of nitrogens with zero attached hydrogens (tertiary/aromatic N) is 4. The zero-order valence-corrected chi connectivity index (χ0v) is 27.3. The van der Waals surface area contributed by atoms with Crippen LogP contribution in [0.25, 0.3) is 0 Å². The molecule has 0 bridgehead atoms. The van der Waals surface area contributed by atoms with Gasteiger partial charge < -0.3 is 10.6 Å². The van der Waals surface area contributed by atoms with E-state index in [1.165, 1.54) is 0 Å². The summed E-state index contributed by atoms with van der Waals surface area (Å²) in [4.78, 5) is 11.5. The molecule has 1 heterocycles. The molecule has 0 saturated carbocycles. The lowest BCUT2D eigenvalue weighted by Gasteiger charge is -2.19. The molecule has 8 nitrogen and oxygen atoms in total. The Morgan fingerprint density at radius 1 is 0.689 bits per heavy atom. The maximum absolute atomic E-state index is 5.60. The SMILES string of the molecule is CCN(OOSc1ccccc1)c1cccc(N=Nc2c(C)cc(Nc3c(C)cccc3C)nc2Nc2c(C)cccc2C)c1. The third kappa shape index (κ3) is 8.07. The van der Waals surface area contributed by atoms with Crippen molar-refractivity contribution in [3.63, 3.8) is 0 Å². The van der Waals surface area contributed by atoms with Crippen LogP contribution in [-0.2, 0) is 9.32 Å². The Morgan fingerprint density at radius 2 is 1.31 bits per heavy atom. The second-order valence-corrected chi connectivity index (χ2v) is 11.5. The van der Waals surface area contributed by atoms with E-state index >= 15 is 0 Å². The number of hydrogen-bond acceptors (Lipinski definition) is 9. The standard InChI is InChI=1S/C36H38N6O2S/c1-7-42(43-44-45-31-20-9-8-10-21-31)30-19-13-18-29(23-30)40-41-35-28(6)22-32(37-33-24(2)14-11-15-25(33)3)38-36(35)39-34-26(4)16-12-17-27(34)5/h8-23H,7H2,1-6H3,(H2,37,38,39). The number of hydrogen-bond donors (Lipinski definition) is 2. The Labute approximate surface area is 269 Å². The molecule has 0 aliphatic carbocycles. The Bertz CT molecular complexity index is 1750. The lowest BCUT2D eigenvalue weighted by Crippen LogP contribution is -2.21. The maximum atomic E-state index is 5.60. The zero-order chi connectivity index (χ0) is 31.8. The smallest absolute Gasteiger partial charge is 0.161 e. The fourth-order valence-corrected chi connectivity index (χ4v) is 5.33. The van der Waals surface area contributed by atoms with Crippen molar-refractivity contribution >= 4 is 52.1 Å². The van der Waals surface area contributed by atoms with Crippen LogP contribution in [0, 0.1) is 34.6 Å². The molecule has 0 unspecified atom stereocenters. The van der Waals surface area contributed by atoms with Crippen molar-refractivity contribution in [3.8, 4) is 0 Å². The summed E-state index contributed by atoms with van der Waals surface area (Å²) in [7, 11) is 0. The number of benzene rings is 4. The Morgan fingerprint density at radius 3 is 1.96 bits per heavy atom. The molecule has 45 heavy (non-hydrogen) atoms. The number of aryl methyl sites for hydroxylation is 5. The zero-order valence-electron chi connectivity index (χ0n) is 26.5. The molecule has 4 aromatic carbocycles. The predicted octanol–water partition coefficient (Wildman–Crippen LogP) is 10.9. The third-order valence-corrected chi connectivity index (χ3v) is 7.90. The number of nitrogens with one attached hydrogen (secondary N) is 2. The molecule has 0 radical (unpaired) electrons. The summed E-state index contributed by atoms with van der Waals surface area (Å²) in [5.41, 5.74) is 9.61. The highest BCUT2D eigenvalue weighted by molar-refractivity contribution is 7.94. The van der Waals surface area contributed by atoms with Crippen LogP contribution in [0.5, 0.6) is 0 Å². The summed E-state index contributed by atoms with van der Waals surface area (Å²) < 4.78 is 5.44. The van der Waals surface area contributed by atoms with Crippen molar-refractivity contribution in [3.05, 3.63) is 125 Å². The van der Waals surface area contributed by atoms with E-state index in [-0.39, 0.29) is 0 Å². The molecule has 9 heteroatoms. The van der Waals surface area contributed by atoms with E-state index in [4.69, 9.17) is 19.4 Å². The summed E-state index contributed by atoms with van der Waals surface area (Å²) in [6, 6.07) is 31.9. The molecule has 0 atom stereocenters. The molecule has 0 saturated heterocycles. The Kier molecular flexibility index (Phi) is 10.5. The van der Waals surface area contributed by atoms with Crippen molar-refractivity contribution in [2.24, 2.45) is 10.2 Å². The van der Waals surface area contributed by atoms with Gasteiger partial charge in [0.15, 0.2) is 5.82 Å². The van der Waals surface area contributed by atoms with Gasteiger partial charge in [0.1, 0.15) is 11.5 Å². The highest BCUT2D eigenvalue weighted by atomic mass is 32.2. The first kappa shape index (κ1) is 31.7. The predicted molar refractivity (Wildman–Crippen MR) is 185 cm³/mol. The molecule has 0 aliphatic heterocycles. The van der Waals surface area contributed by atoms with E-state index in [1.54, 1.807) is 5.06 Å². The maximum Gasteiger partial charge on any atom is 0.161 e. The lowest BCUT2D eigenvalue weighted by atomic mass is 10.1. The van der Waals surface area contributed by atoms with Gasteiger partial charge in [0, 0.05) is 22.8 Å². The largest absolute Gasteiger partial charge is 0.340 e. The van der Waals surface area contributed by atoms with Gasteiger partial charge in [-0.05, 0) is 106 Å². The molecular formula is C36H38N6O2S. The Balaban J connectivity index is 1.43. The first-order valence-electron chi connectivity index (χ1n) is 14.9. The molecule has 1 aromatic heterocycles. The molecule has 0 spiro atoms. The minimum absolute atomic E-state index is 0.567. The average Bonchev–Trinajstić information content (AvgIpc) is 3.03. The quantitative estimate of drug-likeness (QED) is 0.0623. The van der Waals surface area contributed by atoms with Crippen LogP contribution in [0.2, 0.25) is 0 Å². The monoisotopic (exact) mass is 618 g/mol. The second kappa shape index (κ2) is 14.9. The molecule has 0 aliphatic rings. The third-order valence-electron chi connectivity index (χ3n) is 7.31. The molecule has 5 aromatic rings. The van der Waals surface area contributed by atoms with Crippen LogP contribution < -0.4 is 15.7 Å². The van der Waals surface area contributed by atoms with Crippen molar-refractivity contribution < 1.29 is 9.32 Å². The number of azo groups is 1. The van der Waals surface area contributed by atoms with E-state index in [2.05, 4.69) is 79.8 Å². The minimum atomic E-state index is 0.567. The van der Waals surface area contributed by atoms with Gasteiger partial charge in [-0.1, -0.05) is 65.7 Å². The fourth-order valence-electron chi connectivity index (χ4n) is 4.88. The van der Waals surface area contributed by atoms with Crippen molar-refractivity contribution in [2.45, 2.75) is 46.4 Å². The van der Waals surface area contributed by atoms with E-state index in [9.17, 15) is 0 Å². The fraction of sp³-hybridized carbons (Fsp3) is 0.194. The van der Waals surface area contributed by atoms with Crippen LogP contribution in [0.1, 0.15) is 34.7 Å². The summed E-state index contributed by atoms with van der Waals surface area (Å²) in [5, 5.41) is 18.1. The number of pyridine rings is 1. The van der Waals surface area contributed by atoms with Gasteiger partial charge in [-0.15, -0.1) is 9.45 Å². The normalized spacial score (nSPS) is 11.2. The summed E-state index contributed by atoms with van der Waals surface area (Å²) in [6.45, 7) is 12.9. The number of para-hydroxylation sites is 2. The molecule has 5 rings (SSSR count). The molecular weight excluding hydrogens is 581 g/mol. The Hall–Kier alpha value is -4.70. The second-order valence-electron chi connectivity index (χ2n) is 10.8. The van der Waals surface area contributed by atoms with Gasteiger partial charge in [-0.3, -0.25) is 0 Å². The van der Waals surface area contributed by atoms with E-state index < -0.39 is 0 Å². The number of anilines is 5. The molecule has 230 valence electrons. The van der Waals surface area contributed by atoms with Crippen LogP contribution in [0.4, 0.5) is 40.1 Å². The first-order chi connectivity index (χ1) is 21.8. The molecule has 0 fully saturated rings. The van der Waals surface area contributed by atoms with Crippen LogP contribution in [-0.4, -0.2) is 11.5 Å². The van der Waals surface area contributed by atoms with Gasteiger partial charge in [-0.2, -0.15) is 5.11 Å². The van der Waals surface area contributed by atoms with E-state index in [1.807, 2.05) is 74.5 Å². The number of hydroxylamine groups is 1. The van der Waals surface area contributed by atoms with Crippen molar-refractivity contribution in [2.75, 3.05) is 22.2 Å². The van der Waals surface area contributed by atoms with Gasteiger partial charge in [0.05, 0.1) is 23.4 Å². The number of rotatable bonds is 12. The summed E-state index contributed by atoms with van der Waals surface area (Å²) >= 11 is 1.15. The van der Waals surface area contributed by atoms with Crippen molar-refractivity contribution in [1.82, 2.24) is 4.98 Å². The van der Waals surface area contributed by atoms with Crippen LogP contribution in [0.15, 0.2) is 112 Å². The highest BCUT2D eigenvalue weighted by Crippen LogP contribution is 2.37. The minimum Gasteiger partial charge on any atom is -0.340 e. The van der Waals surface area contributed by atoms with Gasteiger partial charge >= 0.3 is 0 Å². The summed E-state index contributed by atoms with van der Waals surface area (Å²) in [6.07, 6.45) is 0. The van der Waals surface area contributed by atoms with Gasteiger partial charge in [0.2, 0.25) is 0 Å². The lowest BCUT2D eigenvalue weighted by molar-refractivity contribution is -0.203. The summed E-state index contributed by atoms with van der Waals surface area (Å²) in [5.74, 6) is 1.34. The van der Waals surface area contributed by atoms with Gasteiger partial charge in [0.25, 0.3) is 0 Å². The van der Waals surface area contributed by atoms with Crippen LogP contribution >= 0.6 is 12.0 Å². The molecule has 0 amide bonds. The van der Waals surface area contributed by atoms with E-state index in [0.717, 1.165) is 67.6 Å². The van der Waals surface area contributed by atoms with Crippen LogP contribution in [0.3, 0.4) is 0 Å². The topological polar surface area (TPSA) is 83.4 Å². The first-order valence-corrected chi connectivity index (χ1v) is 15.6.